The summed E-state index contributed by atoms with van der Waals surface area (Å²) in [5.41, 5.74) is 1.28. The van der Waals surface area contributed by atoms with Gasteiger partial charge < -0.3 is 14.5 Å². The molecule has 0 spiro atoms. The normalized spacial score (nSPS) is 18.3. The van der Waals surface area contributed by atoms with Crippen LogP contribution in [0.1, 0.15) is 29.9 Å². The van der Waals surface area contributed by atoms with Crippen molar-refractivity contribution in [1.82, 2.24) is 5.32 Å². The molecule has 3 nitrogen and oxygen atoms in total. The van der Waals surface area contributed by atoms with E-state index in [2.05, 4.69) is 11.4 Å². The van der Waals surface area contributed by atoms with Gasteiger partial charge in [0.25, 0.3) is 0 Å². The van der Waals surface area contributed by atoms with Crippen LogP contribution >= 0.6 is 0 Å². The summed E-state index contributed by atoms with van der Waals surface area (Å²) in [5.74, 6) is 2.03. The highest BCUT2D eigenvalue weighted by Gasteiger charge is 2.13. The fraction of sp³-hybridized carbons (Fsp3) is 0.667. The van der Waals surface area contributed by atoms with E-state index in [1.165, 1.54) is 5.56 Å². The first kappa shape index (κ1) is 10.7. The molecule has 0 aliphatic carbocycles. The molecule has 0 atom stereocenters. The van der Waals surface area contributed by atoms with Gasteiger partial charge in [0, 0.05) is 31.4 Å². The summed E-state index contributed by atoms with van der Waals surface area (Å²) in [5, 5.41) is 3.55. The first-order valence-electron chi connectivity index (χ1n) is 5.63. The Labute approximate surface area is 90.8 Å². The van der Waals surface area contributed by atoms with Gasteiger partial charge >= 0.3 is 0 Å². The second-order valence-corrected chi connectivity index (χ2v) is 4.21. The Morgan fingerprint density at radius 3 is 2.67 bits per heavy atom. The van der Waals surface area contributed by atoms with Crippen molar-refractivity contribution in [3.05, 3.63) is 23.2 Å². The van der Waals surface area contributed by atoms with E-state index < -0.39 is 0 Å². The van der Waals surface area contributed by atoms with Crippen molar-refractivity contribution < 1.29 is 9.15 Å². The number of ether oxygens (including phenoxy) is 1. The van der Waals surface area contributed by atoms with Gasteiger partial charge in [-0.1, -0.05) is 0 Å². The van der Waals surface area contributed by atoms with Crippen LogP contribution in [0.15, 0.2) is 10.5 Å². The molecule has 15 heavy (non-hydrogen) atoms. The van der Waals surface area contributed by atoms with Crippen molar-refractivity contribution in [2.45, 2.75) is 39.3 Å². The topological polar surface area (TPSA) is 34.4 Å². The van der Waals surface area contributed by atoms with Crippen molar-refractivity contribution in [2.75, 3.05) is 13.2 Å². The van der Waals surface area contributed by atoms with Gasteiger partial charge in [-0.3, -0.25) is 0 Å². The number of hydrogen-bond donors (Lipinski definition) is 1. The van der Waals surface area contributed by atoms with E-state index in [0.717, 1.165) is 44.1 Å². The zero-order valence-electron chi connectivity index (χ0n) is 9.51. The standard InChI is InChI=1S/C12H19NO2/c1-9-7-11(10(2)15-9)8-13-12-3-5-14-6-4-12/h7,12-13H,3-6,8H2,1-2H3. The summed E-state index contributed by atoms with van der Waals surface area (Å²) in [4.78, 5) is 0. The lowest BCUT2D eigenvalue weighted by Gasteiger charge is -2.23. The summed E-state index contributed by atoms with van der Waals surface area (Å²) >= 11 is 0. The average molecular weight is 209 g/mol. The van der Waals surface area contributed by atoms with E-state index in [1.807, 2.05) is 13.8 Å². The summed E-state index contributed by atoms with van der Waals surface area (Å²) in [7, 11) is 0. The minimum Gasteiger partial charge on any atom is -0.466 e. The average Bonchev–Trinajstić information content (AvgIpc) is 2.56. The van der Waals surface area contributed by atoms with Crippen LogP contribution in [0.5, 0.6) is 0 Å². The van der Waals surface area contributed by atoms with E-state index >= 15 is 0 Å². The first-order valence-corrected chi connectivity index (χ1v) is 5.63. The third-order valence-electron chi connectivity index (χ3n) is 2.95. The summed E-state index contributed by atoms with van der Waals surface area (Å²) in [6, 6.07) is 2.72. The molecule has 0 unspecified atom stereocenters. The molecule has 1 N–H and O–H groups in total. The van der Waals surface area contributed by atoms with Gasteiger partial charge in [-0.15, -0.1) is 0 Å². The molecule has 0 radical (unpaired) electrons. The molecule has 1 aromatic heterocycles. The van der Waals surface area contributed by atoms with Gasteiger partial charge in [-0.25, -0.2) is 0 Å². The Bertz CT molecular complexity index is 313. The highest BCUT2D eigenvalue weighted by molar-refractivity contribution is 5.19. The predicted octanol–water partition coefficient (Wildman–Crippen LogP) is 2.17. The third-order valence-corrected chi connectivity index (χ3v) is 2.95. The van der Waals surface area contributed by atoms with E-state index in [1.54, 1.807) is 0 Å². The number of nitrogens with one attached hydrogen (secondary N) is 1. The lowest BCUT2D eigenvalue weighted by molar-refractivity contribution is 0.0776. The minimum absolute atomic E-state index is 0.605. The third kappa shape index (κ3) is 2.83. The minimum atomic E-state index is 0.605. The molecule has 2 rings (SSSR count). The van der Waals surface area contributed by atoms with Crippen molar-refractivity contribution in [1.29, 1.82) is 0 Å². The molecule has 0 aromatic carbocycles. The van der Waals surface area contributed by atoms with Crippen molar-refractivity contribution in [3.8, 4) is 0 Å². The van der Waals surface area contributed by atoms with Crippen LogP contribution in [-0.2, 0) is 11.3 Å². The van der Waals surface area contributed by atoms with Crippen LogP contribution in [0.3, 0.4) is 0 Å². The van der Waals surface area contributed by atoms with Crippen LogP contribution in [0.2, 0.25) is 0 Å². The van der Waals surface area contributed by atoms with Crippen molar-refractivity contribution in [3.63, 3.8) is 0 Å². The maximum absolute atomic E-state index is 5.49. The maximum Gasteiger partial charge on any atom is 0.105 e. The van der Waals surface area contributed by atoms with Gasteiger partial charge in [0.1, 0.15) is 11.5 Å². The highest BCUT2D eigenvalue weighted by atomic mass is 16.5. The molecule has 2 heterocycles. The fourth-order valence-corrected chi connectivity index (χ4v) is 2.01. The van der Waals surface area contributed by atoms with Crippen LogP contribution in [-0.4, -0.2) is 19.3 Å². The van der Waals surface area contributed by atoms with Crippen molar-refractivity contribution >= 4 is 0 Å². The quantitative estimate of drug-likeness (QED) is 0.828. The Kier molecular flexibility index (Phi) is 3.44. The van der Waals surface area contributed by atoms with Crippen LogP contribution in [0.4, 0.5) is 0 Å². The molecule has 3 heteroatoms. The SMILES string of the molecule is Cc1cc(CNC2CCOCC2)c(C)o1. The molecule has 0 amide bonds. The van der Waals surface area contributed by atoms with Gasteiger partial charge in [0.2, 0.25) is 0 Å². The fourth-order valence-electron chi connectivity index (χ4n) is 2.01. The molecule has 0 saturated carbocycles. The monoisotopic (exact) mass is 209 g/mol. The molecule has 1 aliphatic rings. The smallest absolute Gasteiger partial charge is 0.105 e. The van der Waals surface area contributed by atoms with Crippen molar-refractivity contribution in [2.24, 2.45) is 0 Å². The maximum atomic E-state index is 5.49. The molecule has 1 aromatic rings. The molecule has 1 aliphatic heterocycles. The second-order valence-electron chi connectivity index (χ2n) is 4.21. The number of aryl methyl sites for hydroxylation is 2. The Balaban J connectivity index is 1.84. The summed E-state index contributed by atoms with van der Waals surface area (Å²) < 4.78 is 10.8. The lowest BCUT2D eigenvalue weighted by Crippen LogP contribution is -2.34. The van der Waals surface area contributed by atoms with E-state index in [-0.39, 0.29) is 0 Å². The number of furan rings is 1. The van der Waals surface area contributed by atoms with E-state index in [0.29, 0.717) is 6.04 Å². The zero-order chi connectivity index (χ0) is 10.7. The van der Waals surface area contributed by atoms with Gasteiger partial charge in [0.05, 0.1) is 0 Å². The first-order chi connectivity index (χ1) is 7.25. The molecule has 1 fully saturated rings. The Morgan fingerprint density at radius 2 is 2.07 bits per heavy atom. The molecule has 0 bridgehead atoms. The molecule has 84 valence electrons. The number of hydrogen-bond acceptors (Lipinski definition) is 3. The van der Waals surface area contributed by atoms with Crippen LogP contribution in [0.25, 0.3) is 0 Å². The largest absolute Gasteiger partial charge is 0.466 e. The molecular weight excluding hydrogens is 190 g/mol. The van der Waals surface area contributed by atoms with Gasteiger partial charge in [-0.05, 0) is 32.8 Å². The van der Waals surface area contributed by atoms with E-state index in [9.17, 15) is 0 Å². The number of rotatable bonds is 3. The summed E-state index contributed by atoms with van der Waals surface area (Å²) in [6.07, 6.45) is 2.24. The van der Waals surface area contributed by atoms with Crippen LogP contribution < -0.4 is 5.32 Å². The Hall–Kier alpha value is -0.800. The van der Waals surface area contributed by atoms with E-state index in [4.69, 9.17) is 9.15 Å². The molecular formula is C12H19NO2. The van der Waals surface area contributed by atoms with Crippen LogP contribution in [0, 0.1) is 13.8 Å². The Morgan fingerprint density at radius 1 is 1.33 bits per heavy atom. The zero-order valence-corrected chi connectivity index (χ0v) is 9.51. The second kappa shape index (κ2) is 4.81. The van der Waals surface area contributed by atoms with Gasteiger partial charge in [-0.2, -0.15) is 0 Å². The predicted molar refractivity (Wildman–Crippen MR) is 58.9 cm³/mol. The van der Waals surface area contributed by atoms with Gasteiger partial charge in [0.15, 0.2) is 0 Å². The molecule has 1 saturated heterocycles. The summed E-state index contributed by atoms with van der Waals surface area (Å²) in [6.45, 7) is 6.70. The lowest BCUT2D eigenvalue weighted by atomic mass is 10.1. The highest BCUT2D eigenvalue weighted by Crippen LogP contribution is 2.14.